The van der Waals surface area contributed by atoms with Crippen molar-refractivity contribution in [3.05, 3.63) is 69.8 Å². The van der Waals surface area contributed by atoms with Crippen molar-refractivity contribution in [2.45, 2.75) is 0 Å². The van der Waals surface area contributed by atoms with Gasteiger partial charge in [-0.2, -0.15) is 5.26 Å². The van der Waals surface area contributed by atoms with Gasteiger partial charge in [-0.25, -0.2) is 0 Å². The van der Waals surface area contributed by atoms with Crippen molar-refractivity contribution in [3.63, 3.8) is 0 Å². The highest BCUT2D eigenvalue weighted by molar-refractivity contribution is 6.23. The molecule has 2 aromatic carbocycles. The summed E-state index contributed by atoms with van der Waals surface area (Å²) in [6, 6.07) is 13.6. The number of carbonyl (C=O) groups is 3. The molecule has 9 heteroatoms. The van der Waals surface area contributed by atoms with E-state index in [9.17, 15) is 24.5 Å². The van der Waals surface area contributed by atoms with Crippen molar-refractivity contribution < 1.29 is 19.3 Å². The lowest BCUT2D eigenvalue weighted by atomic mass is 10.1. The topological polar surface area (TPSA) is 125 Å². The second-order valence-electron chi connectivity index (χ2n) is 5.66. The van der Waals surface area contributed by atoms with Crippen molar-refractivity contribution in [3.8, 4) is 6.07 Å². The number of nitro benzene ring substituents is 1. The molecule has 0 bridgehead atoms. The lowest BCUT2D eigenvalue weighted by molar-refractivity contribution is -0.384. The minimum atomic E-state index is -0.781. The highest BCUT2D eigenvalue weighted by Gasteiger charge is 2.38. The molecule has 0 radical (unpaired) electrons. The quantitative estimate of drug-likeness (QED) is 0.344. The Bertz CT molecular complexity index is 997. The molecule has 2 aromatic rings. The predicted octanol–water partition coefficient (Wildman–Crippen LogP) is 1.75. The van der Waals surface area contributed by atoms with Gasteiger partial charge in [-0.1, -0.05) is 18.2 Å². The van der Waals surface area contributed by atoms with E-state index in [-0.39, 0.29) is 23.4 Å². The van der Waals surface area contributed by atoms with Crippen molar-refractivity contribution in [1.29, 1.82) is 5.26 Å². The molecule has 134 valence electrons. The molecule has 3 amide bonds. The van der Waals surface area contributed by atoms with Crippen molar-refractivity contribution in [1.82, 2.24) is 4.90 Å². The molecule has 0 unspecified atom stereocenters. The van der Waals surface area contributed by atoms with Crippen LogP contribution >= 0.6 is 0 Å². The van der Waals surface area contributed by atoms with Crippen molar-refractivity contribution >= 4 is 29.1 Å². The second-order valence-corrected chi connectivity index (χ2v) is 5.66. The number of rotatable bonds is 5. The van der Waals surface area contributed by atoms with Gasteiger partial charge in [0.05, 0.1) is 22.1 Å². The van der Waals surface area contributed by atoms with Crippen LogP contribution in [0.5, 0.6) is 0 Å². The van der Waals surface area contributed by atoms with Gasteiger partial charge in [0.2, 0.25) is 5.91 Å². The number of imide groups is 1. The number of nitriles is 1. The van der Waals surface area contributed by atoms with Crippen LogP contribution < -0.4 is 4.90 Å². The zero-order chi connectivity index (χ0) is 19.6. The molecule has 0 aliphatic carbocycles. The molecule has 0 aromatic heterocycles. The van der Waals surface area contributed by atoms with Gasteiger partial charge in [0, 0.05) is 17.8 Å². The van der Waals surface area contributed by atoms with Crippen LogP contribution in [0.3, 0.4) is 0 Å². The molecule has 1 aliphatic heterocycles. The van der Waals surface area contributed by atoms with Gasteiger partial charge in [-0.3, -0.25) is 34.3 Å². The average molecular weight is 364 g/mol. The number of anilines is 1. The summed E-state index contributed by atoms with van der Waals surface area (Å²) in [4.78, 5) is 49.6. The SMILES string of the molecule is N#CCN(C(=O)CN1C(=O)c2ccc([N+](=O)[O-])cc2C1=O)c1ccccc1. The molecule has 0 fully saturated rings. The summed E-state index contributed by atoms with van der Waals surface area (Å²) in [7, 11) is 0. The summed E-state index contributed by atoms with van der Waals surface area (Å²) in [6.07, 6.45) is 0. The van der Waals surface area contributed by atoms with Gasteiger partial charge >= 0.3 is 0 Å². The maximum atomic E-state index is 12.6. The van der Waals surface area contributed by atoms with Crippen LogP contribution in [0.2, 0.25) is 0 Å². The number of benzene rings is 2. The Morgan fingerprint density at radius 3 is 2.41 bits per heavy atom. The molecule has 0 spiro atoms. The van der Waals surface area contributed by atoms with E-state index in [2.05, 4.69) is 0 Å². The summed E-state index contributed by atoms with van der Waals surface area (Å²) < 4.78 is 0. The molecule has 0 saturated carbocycles. The fraction of sp³-hybridized carbons (Fsp3) is 0.111. The van der Waals surface area contributed by atoms with Gasteiger partial charge in [0.15, 0.2) is 0 Å². The minimum Gasteiger partial charge on any atom is -0.297 e. The average Bonchev–Trinajstić information content (AvgIpc) is 2.91. The lowest BCUT2D eigenvalue weighted by Crippen LogP contribution is -2.43. The summed E-state index contributed by atoms with van der Waals surface area (Å²) in [5.41, 5.74) is 0.0215. The third-order valence-electron chi connectivity index (χ3n) is 4.06. The number of nitrogens with zero attached hydrogens (tertiary/aromatic N) is 4. The van der Waals surface area contributed by atoms with Crippen LogP contribution in [0.4, 0.5) is 11.4 Å². The van der Waals surface area contributed by atoms with E-state index in [1.165, 1.54) is 6.07 Å². The highest BCUT2D eigenvalue weighted by atomic mass is 16.6. The number of para-hydroxylation sites is 1. The van der Waals surface area contributed by atoms with E-state index in [1.807, 2.05) is 6.07 Å². The predicted molar refractivity (Wildman–Crippen MR) is 92.9 cm³/mol. The summed E-state index contributed by atoms with van der Waals surface area (Å²) >= 11 is 0. The summed E-state index contributed by atoms with van der Waals surface area (Å²) in [5, 5.41) is 19.9. The standard InChI is InChI=1S/C18H12N4O5/c19-8-9-20(12-4-2-1-3-5-12)16(23)11-21-17(24)14-7-6-13(22(26)27)10-15(14)18(21)25/h1-7,10H,9,11H2. The highest BCUT2D eigenvalue weighted by Crippen LogP contribution is 2.27. The molecule has 0 atom stereocenters. The van der Waals surface area contributed by atoms with E-state index >= 15 is 0 Å². The molecule has 27 heavy (non-hydrogen) atoms. The smallest absolute Gasteiger partial charge is 0.270 e. The Hall–Kier alpha value is -4.06. The van der Waals surface area contributed by atoms with E-state index < -0.39 is 29.2 Å². The molecular formula is C18H12N4O5. The van der Waals surface area contributed by atoms with E-state index in [1.54, 1.807) is 30.3 Å². The Morgan fingerprint density at radius 2 is 1.78 bits per heavy atom. The van der Waals surface area contributed by atoms with E-state index in [0.29, 0.717) is 5.69 Å². The number of hydrogen-bond acceptors (Lipinski definition) is 6. The number of amides is 3. The van der Waals surface area contributed by atoms with Gasteiger partial charge in [0.1, 0.15) is 13.1 Å². The first-order valence-electron chi connectivity index (χ1n) is 7.81. The van der Waals surface area contributed by atoms with Gasteiger partial charge in [-0.15, -0.1) is 0 Å². The molecule has 1 heterocycles. The van der Waals surface area contributed by atoms with E-state index in [4.69, 9.17) is 5.26 Å². The third kappa shape index (κ3) is 3.23. The van der Waals surface area contributed by atoms with Crippen molar-refractivity contribution in [2.24, 2.45) is 0 Å². The third-order valence-corrected chi connectivity index (χ3v) is 4.06. The number of non-ortho nitro benzene ring substituents is 1. The van der Waals surface area contributed by atoms with Crippen LogP contribution in [0.1, 0.15) is 20.7 Å². The Kier molecular flexibility index (Phi) is 4.64. The van der Waals surface area contributed by atoms with Gasteiger partial charge in [-0.05, 0) is 18.2 Å². The molecule has 9 nitrogen and oxygen atoms in total. The Labute approximate surface area is 153 Å². The maximum Gasteiger partial charge on any atom is 0.270 e. The fourth-order valence-electron chi connectivity index (χ4n) is 2.76. The molecule has 3 rings (SSSR count). The fourth-order valence-corrected chi connectivity index (χ4v) is 2.76. The first kappa shape index (κ1) is 17.8. The van der Waals surface area contributed by atoms with E-state index in [0.717, 1.165) is 21.9 Å². The number of nitro groups is 1. The van der Waals surface area contributed by atoms with Crippen LogP contribution in [0, 0.1) is 21.4 Å². The van der Waals surface area contributed by atoms with Crippen LogP contribution in [-0.4, -0.2) is 40.6 Å². The second kappa shape index (κ2) is 7.05. The number of fused-ring (bicyclic) bond motifs is 1. The molecule has 0 N–H and O–H groups in total. The van der Waals surface area contributed by atoms with Gasteiger partial charge in [0.25, 0.3) is 17.5 Å². The Balaban J connectivity index is 1.86. The van der Waals surface area contributed by atoms with Crippen LogP contribution in [-0.2, 0) is 4.79 Å². The normalized spacial score (nSPS) is 12.5. The number of hydrogen-bond donors (Lipinski definition) is 0. The lowest BCUT2D eigenvalue weighted by Gasteiger charge is -2.22. The van der Waals surface area contributed by atoms with Crippen LogP contribution in [0.15, 0.2) is 48.5 Å². The first-order chi connectivity index (χ1) is 12.9. The minimum absolute atomic E-state index is 0.00458. The summed E-state index contributed by atoms with van der Waals surface area (Å²) in [6.45, 7) is -0.825. The summed E-state index contributed by atoms with van der Waals surface area (Å²) in [5.74, 6) is -2.10. The zero-order valence-corrected chi connectivity index (χ0v) is 13.9. The maximum absolute atomic E-state index is 12.6. The Morgan fingerprint density at radius 1 is 1.11 bits per heavy atom. The number of carbonyl (C=O) groups excluding carboxylic acids is 3. The molecule has 0 saturated heterocycles. The monoisotopic (exact) mass is 364 g/mol. The van der Waals surface area contributed by atoms with Crippen molar-refractivity contribution in [2.75, 3.05) is 18.0 Å². The molecular weight excluding hydrogens is 352 g/mol. The largest absolute Gasteiger partial charge is 0.297 e. The first-order valence-corrected chi connectivity index (χ1v) is 7.81. The van der Waals surface area contributed by atoms with Crippen LogP contribution in [0.25, 0.3) is 0 Å². The zero-order valence-electron chi connectivity index (χ0n) is 13.9. The van der Waals surface area contributed by atoms with Gasteiger partial charge < -0.3 is 0 Å². The molecule has 1 aliphatic rings.